The molecule has 0 aliphatic rings. The number of rotatable bonds is 14. The third-order valence-corrected chi connectivity index (χ3v) is 3.42. The topological polar surface area (TPSA) is 20.2 Å². The molecule has 0 aromatic heterocycles. The molecule has 0 radical (unpaired) electrons. The molecule has 0 amide bonds. The van der Waals surface area contributed by atoms with Crippen molar-refractivity contribution >= 4 is 0 Å². The fourth-order valence-electron chi connectivity index (χ4n) is 2.18. The van der Waals surface area contributed by atoms with E-state index in [9.17, 15) is 0 Å². The van der Waals surface area contributed by atoms with Gasteiger partial charge in [-0.1, -0.05) is 70.4 Å². The first-order valence-electron chi connectivity index (χ1n) is 8.17. The van der Waals surface area contributed by atoms with Gasteiger partial charge in [-0.25, -0.2) is 0 Å². The molecule has 0 saturated heterocycles. The maximum Gasteiger partial charge on any atom is 0.0431 e. The van der Waals surface area contributed by atoms with Gasteiger partial charge in [0.15, 0.2) is 0 Å². The van der Waals surface area contributed by atoms with Crippen molar-refractivity contribution in [2.75, 3.05) is 6.61 Å². The summed E-state index contributed by atoms with van der Waals surface area (Å²) in [6, 6.07) is 0. The number of hydrogen-bond acceptors (Lipinski definition) is 1. The zero-order valence-electron chi connectivity index (χ0n) is 12.5. The fraction of sp³-hybridized carbons (Fsp3) is 0.882. The number of aliphatic hydroxyl groups is 1. The van der Waals surface area contributed by atoms with Gasteiger partial charge in [0, 0.05) is 8.03 Å². The van der Waals surface area contributed by atoms with Gasteiger partial charge in [0.05, 0.1) is 0 Å². The summed E-state index contributed by atoms with van der Waals surface area (Å²) < 4.78 is 0. The van der Waals surface area contributed by atoms with Crippen LogP contribution < -0.4 is 0 Å². The van der Waals surface area contributed by atoms with Crippen molar-refractivity contribution in [1.29, 1.82) is 0 Å². The van der Waals surface area contributed by atoms with Crippen molar-refractivity contribution in [3.63, 3.8) is 0 Å². The van der Waals surface area contributed by atoms with Crippen LogP contribution in [0.25, 0.3) is 0 Å². The van der Waals surface area contributed by atoms with E-state index in [0.717, 1.165) is 6.42 Å². The summed E-state index contributed by atoms with van der Waals surface area (Å²) >= 11 is 0. The van der Waals surface area contributed by atoms with Gasteiger partial charge in [-0.05, 0) is 32.1 Å². The molecule has 1 heteroatoms. The van der Waals surface area contributed by atoms with Crippen LogP contribution in [-0.2, 0) is 0 Å². The van der Waals surface area contributed by atoms with Gasteiger partial charge >= 0.3 is 0 Å². The molecular weight excluding hydrogens is 220 g/mol. The molecule has 0 aliphatic carbocycles. The molecule has 0 aromatic carbocycles. The lowest BCUT2D eigenvalue weighted by Crippen LogP contribution is -1.83. The molecule has 1 N–H and O–H groups in total. The Morgan fingerprint density at radius 2 is 1.11 bits per heavy atom. The van der Waals surface area contributed by atoms with Crippen molar-refractivity contribution < 1.29 is 6.53 Å². The predicted octanol–water partition coefficient (Wildman–Crippen LogP) is 5.87. The minimum atomic E-state index is 0. The molecular formula is C17H36O. The van der Waals surface area contributed by atoms with Gasteiger partial charge < -0.3 is 5.11 Å². The molecule has 18 heavy (non-hydrogen) atoms. The average molecular weight is 256 g/mol. The second kappa shape index (κ2) is 16.7. The third-order valence-electron chi connectivity index (χ3n) is 3.42. The minimum absolute atomic E-state index is 0. The Hall–Kier alpha value is -0.300. The van der Waals surface area contributed by atoms with Crippen LogP contribution in [0.5, 0.6) is 0 Å². The van der Waals surface area contributed by atoms with Crippen LogP contribution in [-0.4, -0.2) is 11.7 Å². The largest absolute Gasteiger partial charge is 0.396 e. The summed E-state index contributed by atoms with van der Waals surface area (Å²) in [7, 11) is 0. The Morgan fingerprint density at radius 1 is 0.667 bits per heavy atom. The van der Waals surface area contributed by atoms with E-state index >= 15 is 0 Å². The van der Waals surface area contributed by atoms with E-state index in [1.54, 1.807) is 0 Å². The maximum absolute atomic E-state index is 8.65. The average Bonchev–Trinajstić information content (AvgIpc) is 2.39. The van der Waals surface area contributed by atoms with Crippen molar-refractivity contribution in [2.24, 2.45) is 0 Å². The first-order valence-corrected chi connectivity index (χ1v) is 8.17. The lowest BCUT2D eigenvalue weighted by molar-refractivity contribution is 0.282. The third kappa shape index (κ3) is 15.7. The first kappa shape index (κ1) is 17.7. The number of aliphatic hydroxyl groups excluding tert-OH is 1. The van der Waals surface area contributed by atoms with Gasteiger partial charge in [0.2, 0.25) is 0 Å². The molecule has 0 fully saturated rings. The zero-order chi connectivity index (χ0) is 13.3. The lowest BCUT2D eigenvalue weighted by atomic mass is 10.1. The molecule has 0 unspecified atom stereocenters. The SMILES string of the molecule is CCCCCCCC/C=C\CCCCCCCO.[HH]. The fourth-order valence-corrected chi connectivity index (χ4v) is 2.18. The zero-order valence-corrected chi connectivity index (χ0v) is 12.5. The van der Waals surface area contributed by atoms with E-state index in [4.69, 9.17) is 5.11 Å². The van der Waals surface area contributed by atoms with Crippen molar-refractivity contribution in [3.05, 3.63) is 12.2 Å². The van der Waals surface area contributed by atoms with Crippen LogP contribution >= 0.6 is 0 Å². The summed E-state index contributed by atoms with van der Waals surface area (Å²) in [6.07, 6.45) is 21.7. The lowest BCUT2D eigenvalue weighted by Gasteiger charge is -1.98. The highest BCUT2D eigenvalue weighted by atomic mass is 16.2. The Labute approximate surface area is 116 Å². The molecule has 110 valence electrons. The van der Waals surface area contributed by atoms with Gasteiger partial charge in [-0.2, -0.15) is 0 Å². The highest BCUT2D eigenvalue weighted by Crippen LogP contribution is 2.08. The summed E-state index contributed by atoms with van der Waals surface area (Å²) in [6.45, 7) is 2.63. The molecule has 0 saturated carbocycles. The summed E-state index contributed by atoms with van der Waals surface area (Å²) in [5.74, 6) is 0. The normalized spacial score (nSPS) is 11.4. The van der Waals surface area contributed by atoms with Gasteiger partial charge in [0.25, 0.3) is 0 Å². The van der Waals surface area contributed by atoms with E-state index in [0.29, 0.717) is 6.61 Å². The molecule has 0 heterocycles. The van der Waals surface area contributed by atoms with Crippen LogP contribution in [0.4, 0.5) is 0 Å². The van der Waals surface area contributed by atoms with E-state index in [1.165, 1.54) is 77.0 Å². The first-order chi connectivity index (χ1) is 8.91. The van der Waals surface area contributed by atoms with Crippen LogP contribution in [0.3, 0.4) is 0 Å². The molecule has 0 atom stereocenters. The monoisotopic (exact) mass is 256 g/mol. The van der Waals surface area contributed by atoms with Gasteiger partial charge in [-0.15, -0.1) is 0 Å². The van der Waals surface area contributed by atoms with Crippen molar-refractivity contribution in [2.45, 2.75) is 90.4 Å². The summed E-state index contributed by atoms with van der Waals surface area (Å²) in [5.41, 5.74) is 0. The molecule has 1 nitrogen and oxygen atoms in total. The van der Waals surface area contributed by atoms with E-state index in [-0.39, 0.29) is 1.43 Å². The molecule has 0 aliphatic heterocycles. The highest BCUT2D eigenvalue weighted by molar-refractivity contribution is 4.81. The van der Waals surface area contributed by atoms with Gasteiger partial charge in [-0.3, -0.25) is 0 Å². The number of allylic oxidation sites excluding steroid dienone is 2. The van der Waals surface area contributed by atoms with Crippen LogP contribution in [0.2, 0.25) is 0 Å². The highest BCUT2D eigenvalue weighted by Gasteiger charge is 1.89. The van der Waals surface area contributed by atoms with E-state index in [2.05, 4.69) is 19.1 Å². The van der Waals surface area contributed by atoms with Crippen molar-refractivity contribution in [1.82, 2.24) is 0 Å². The van der Waals surface area contributed by atoms with Crippen LogP contribution in [0, 0.1) is 0 Å². The second-order valence-electron chi connectivity index (χ2n) is 5.31. The predicted molar refractivity (Wildman–Crippen MR) is 84.0 cm³/mol. The Balaban J connectivity index is 0. The molecule has 0 rings (SSSR count). The van der Waals surface area contributed by atoms with E-state index in [1.807, 2.05) is 0 Å². The van der Waals surface area contributed by atoms with Gasteiger partial charge in [0.1, 0.15) is 0 Å². The summed E-state index contributed by atoms with van der Waals surface area (Å²) in [5, 5.41) is 8.65. The molecule has 0 aromatic rings. The van der Waals surface area contributed by atoms with E-state index < -0.39 is 0 Å². The summed E-state index contributed by atoms with van der Waals surface area (Å²) in [4.78, 5) is 0. The number of hydrogen-bond donors (Lipinski definition) is 1. The van der Waals surface area contributed by atoms with Crippen LogP contribution in [0.15, 0.2) is 12.2 Å². The quantitative estimate of drug-likeness (QED) is 0.304. The standard InChI is InChI=1S/C17H34O.H2/c1-2-3-4-5-6-7-8-9-10-11-12-13-14-15-16-17-18;/h9-10,18H,2-8,11-17H2,1H3;1H/b10-9-;. The second-order valence-corrected chi connectivity index (χ2v) is 5.31. The minimum Gasteiger partial charge on any atom is -0.396 e. The Bertz CT molecular complexity index is 151. The van der Waals surface area contributed by atoms with Crippen LogP contribution in [0.1, 0.15) is 91.8 Å². The number of unbranched alkanes of at least 4 members (excludes halogenated alkanes) is 11. The molecule has 0 spiro atoms. The maximum atomic E-state index is 8.65. The Morgan fingerprint density at radius 3 is 1.61 bits per heavy atom. The molecule has 0 bridgehead atoms. The Kier molecular flexibility index (Phi) is 16.4. The smallest absolute Gasteiger partial charge is 0.0431 e. The van der Waals surface area contributed by atoms with Crippen molar-refractivity contribution in [3.8, 4) is 0 Å².